The van der Waals surface area contributed by atoms with Crippen molar-refractivity contribution in [3.8, 4) is 0 Å². The van der Waals surface area contributed by atoms with Crippen LogP contribution in [-0.2, 0) is 14.8 Å². The first-order chi connectivity index (χ1) is 6.08. The van der Waals surface area contributed by atoms with E-state index in [1.54, 1.807) is 6.92 Å². The summed E-state index contributed by atoms with van der Waals surface area (Å²) in [5, 5.41) is 0. The minimum Gasteiger partial charge on any atom is -0.384 e. The van der Waals surface area contributed by atoms with E-state index in [9.17, 15) is 8.42 Å². The Morgan fingerprint density at radius 3 is 2.46 bits per heavy atom. The van der Waals surface area contributed by atoms with Gasteiger partial charge in [0.15, 0.2) is 0 Å². The summed E-state index contributed by atoms with van der Waals surface area (Å²) in [5.74, 6) is 0.342. The van der Waals surface area contributed by atoms with Crippen LogP contribution >= 0.6 is 11.6 Å². The largest absolute Gasteiger partial charge is 0.384 e. The van der Waals surface area contributed by atoms with Crippen LogP contribution in [0.1, 0.15) is 6.92 Å². The molecule has 0 unspecified atom stereocenters. The zero-order valence-electron chi connectivity index (χ0n) is 7.99. The maximum absolute atomic E-state index is 11.5. The first kappa shape index (κ1) is 13.2. The molecule has 0 rings (SSSR count). The predicted octanol–water partition coefficient (Wildman–Crippen LogP) is 0.523. The van der Waals surface area contributed by atoms with Gasteiger partial charge in [0.25, 0.3) is 0 Å². The molecule has 0 aliphatic rings. The average Bonchev–Trinajstić information content (AvgIpc) is 2.10. The Hall–Kier alpha value is 0.160. The van der Waals surface area contributed by atoms with E-state index in [2.05, 4.69) is 0 Å². The highest BCUT2D eigenvalue weighted by molar-refractivity contribution is 7.89. The summed E-state index contributed by atoms with van der Waals surface area (Å²) in [5.41, 5.74) is 0. The van der Waals surface area contributed by atoms with Gasteiger partial charge in [-0.25, -0.2) is 12.7 Å². The van der Waals surface area contributed by atoms with Gasteiger partial charge in [-0.05, 0) is 0 Å². The molecule has 0 aliphatic heterocycles. The number of hydrogen-bond donors (Lipinski definition) is 0. The lowest BCUT2D eigenvalue weighted by Crippen LogP contribution is -2.35. The minimum atomic E-state index is -3.17. The van der Waals surface area contributed by atoms with Gasteiger partial charge in [-0.2, -0.15) is 0 Å². The lowest BCUT2D eigenvalue weighted by atomic mass is 10.7. The third-order valence-corrected chi connectivity index (χ3v) is 3.70. The second kappa shape index (κ2) is 6.59. The molecule has 0 amide bonds. The zero-order valence-corrected chi connectivity index (χ0v) is 9.57. The average molecular weight is 230 g/mol. The van der Waals surface area contributed by atoms with Gasteiger partial charge in [-0.1, -0.05) is 6.92 Å². The molecule has 0 atom stereocenters. The van der Waals surface area contributed by atoms with Crippen molar-refractivity contribution in [2.24, 2.45) is 0 Å². The lowest BCUT2D eigenvalue weighted by molar-refractivity contribution is 0.215. The fraction of sp³-hybridized carbons (Fsp3) is 1.00. The number of hydrogen-bond acceptors (Lipinski definition) is 3. The summed E-state index contributed by atoms with van der Waals surface area (Å²) in [6, 6.07) is 0. The number of methoxy groups -OCH3 is 1. The van der Waals surface area contributed by atoms with Crippen molar-refractivity contribution in [1.29, 1.82) is 0 Å². The van der Waals surface area contributed by atoms with Crippen molar-refractivity contribution in [2.75, 3.05) is 38.4 Å². The van der Waals surface area contributed by atoms with E-state index in [0.29, 0.717) is 19.0 Å². The molecule has 13 heavy (non-hydrogen) atoms. The molecule has 0 aromatic carbocycles. The van der Waals surface area contributed by atoms with Crippen LogP contribution in [0.15, 0.2) is 0 Å². The second-order valence-electron chi connectivity index (χ2n) is 2.49. The third-order valence-electron chi connectivity index (χ3n) is 1.63. The monoisotopic (exact) mass is 229 g/mol. The first-order valence-corrected chi connectivity index (χ1v) is 6.25. The highest BCUT2D eigenvalue weighted by Crippen LogP contribution is 2.01. The molecule has 0 spiro atoms. The van der Waals surface area contributed by atoms with Crippen LogP contribution < -0.4 is 0 Å². The molecule has 0 bridgehead atoms. The summed E-state index contributed by atoms with van der Waals surface area (Å²) in [6.45, 7) is 2.83. The molecular formula is C7H16ClNO3S. The Bertz CT molecular complexity index is 218. The Labute approximate surface area is 84.9 Å². The molecule has 0 N–H and O–H groups in total. The van der Waals surface area contributed by atoms with Crippen molar-refractivity contribution >= 4 is 21.6 Å². The van der Waals surface area contributed by atoms with Gasteiger partial charge in [-0.3, -0.25) is 0 Å². The summed E-state index contributed by atoms with van der Waals surface area (Å²) in [6.07, 6.45) is 0. The molecule has 0 fully saturated rings. The lowest BCUT2D eigenvalue weighted by Gasteiger charge is -2.18. The fourth-order valence-electron chi connectivity index (χ4n) is 0.906. The standard InChI is InChI=1S/C7H16ClNO3S/c1-3-9(5-4-8)13(10,11)7-6-12-2/h3-7H2,1-2H3. The molecule has 0 heterocycles. The van der Waals surface area contributed by atoms with Crippen molar-refractivity contribution in [1.82, 2.24) is 4.31 Å². The number of halogens is 1. The summed E-state index contributed by atoms with van der Waals surface area (Å²) in [4.78, 5) is 0. The van der Waals surface area contributed by atoms with E-state index in [-0.39, 0.29) is 12.4 Å². The Morgan fingerprint density at radius 1 is 1.46 bits per heavy atom. The van der Waals surface area contributed by atoms with Crippen LogP contribution in [0.3, 0.4) is 0 Å². The maximum atomic E-state index is 11.5. The van der Waals surface area contributed by atoms with Crippen LogP contribution in [0.4, 0.5) is 0 Å². The summed E-state index contributed by atoms with van der Waals surface area (Å²) >= 11 is 5.48. The third kappa shape index (κ3) is 4.81. The molecule has 80 valence electrons. The molecule has 0 aliphatic carbocycles. The predicted molar refractivity (Wildman–Crippen MR) is 53.6 cm³/mol. The molecule has 6 heteroatoms. The van der Waals surface area contributed by atoms with Gasteiger partial charge in [0.2, 0.25) is 10.0 Å². The molecule has 0 aromatic rings. The SMILES string of the molecule is CCN(CCCl)S(=O)(=O)CCOC. The first-order valence-electron chi connectivity index (χ1n) is 4.11. The maximum Gasteiger partial charge on any atom is 0.216 e. The van der Waals surface area contributed by atoms with E-state index in [1.807, 2.05) is 0 Å². The highest BCUT2D eigenvalue weighted by atomic mass is 35.5. The smallest absolute Gasteiger partial charge is 0.216 e. The summed E-state index contributed by atoms with van der Waals surface area (Å²) < 4.78 is 29.1. The molecule has 0 aromatic heterocycles. The van der Waals surface area contributed by atoms with Crippen LogP contribution in [0.5, 0.6) is 0 Å². The Morgan fingerprint density at radius 2 is 2.08 bits per heavy atom. The minimum absolute atomic E-state index is 0.0221. The van der Waals surface area contributed by atoms with E-state index >= 15 is 0 Å². The van der Waals surface area contributed by atoms with Gasteiger partial charge >= 0.3 is 0 Å². The van der Waals surface area contributed by atoms with Gasteiger partial charge in [0.1, 0.15) is 0 Å². The number of sulfonamides is 1. The van der Waals surface area contributed by atoms with E-state index in [0.717, 1.165) is 0 Å². The van der Waals surface area contributed by atoms with Gasteiger partial charge in [0.05, 0.1) is 12.4 Å². The fourth-order valence-corrected chi connectivity index (χ4v) is 2.61. The van der Waals surface area contributed by atoms with Crippen molar-refractivity contribution in [3.63, 3.8) is 0 Å². The topological polar surface area (TPSA) is 46.6 Å². The highest BCUT2D eigenvalue weighted by Gasteiger charge is 2.18. The number of nitrogens with zero attached hydrogens (tertiary/aromatic N) is 1. The van der Waals surface area contributed by atoms with E-state index in [4.69, 9.17) is 16.3 Å². The van der Waals surface area contributed by atoms with Crippen LogP contribution in [-0.4, -0.2) is 51.2 Å². The Kier molecular flexibility index (Phi) is 6.67. The van der Waals surface area contributed by atoms with Crippen molar-refractivity contribution in [3.05, 3.63) is 0 Å². The number of ether oxygens (including phenoxy) is 1. The molecule has 0 saturated heterocycles. The van der Waals surface area contributed by atoms with Crippen molar-refractivity contribution in [2.45, 2.75) is 6.92 Å². The molecular weight excluding hydrogens is 214 g/mol. The van der Waals surface area contributed by atoms with E-state index in [1.165, 1.54) is 11.4 Å². The van der Waals surface area contributed by atoms with Crippen LogP contribution in [0, 0.1) is 0 Å². The summed E-state index contributed by atoms with van der Waals surface area (Å²) in [7, 11) is -1.69. The molecule has 0 saturated carbocycles. The molecule has 4 nitrogen and oxygen atoms in total. The van der Waals surface area contributed by atoms with Gasteiger partial charge in [-0.15, -0.1) is 11.6 Å². The quantitative estimate of drug-likeness (QED) is 0.598. The molecule has 0 radical (unpaired) electrons. The second-order valence-corrected chi connectivity index (χ2v) is 4.96. The van der Waals surface area contributed by atoms with Crippen LogP contribution in [0.2, 0.25) is 0 Å². The number of rotatable bonds is 7. The van der Waals surface area contributed by atoms with Crippen LogP contribution in [0.25, 0.3) is 0 Å². The van der Waals surface area contributed by atoms with Gasteiger partial charge in [0, 0.05) is 26.1 Å². The van der Waals surface area contributed by atoms with E-state index < -0.39 is 10.0 Å². The number of alkyl halides is 1. The zero-order chi connectivity index (χ0) is 10.3. The van der Waals surface area contributed by atoms with Gasteiger partial charge < -0.3 is 4.74 Å². The Balaban J connectivity index is 4.21. The van der Waals surface area contributed by atoms with Crippen molar-refractivity contribution < 1.29 is 13.2 Å². The normalized spacial score (nSPS) is 12.3.